The summed E-state index contributed by atoms with van der Waals surface area (Å²) in [6, 6.07) is 10.7. The Morgan fingerprint density at radius 2 is 1.75 bits per heavy atom. The van der Waals surface area contributed by atoms with Gasteiger partial charge in [-0.15, -0.1) is 0 Å². The Balaban J connectivity index is 1.92. The number of amides is 2. The first-order chi connectivity index (χ1) is 13.1. The fourth-order valence-corrected chi connectivity index (χ4v) is 2.89. The van der Waals surface area contributed by atoms with Gasteiger partial charge in [0.2, 0.25) is 11.8 Å². The van der Waals surface area contributed by atoms with Crippen LogP contribution in [0.4, 0.5) is 18.9 Å². The summed E-state index contributed by atoms with van der Waals surface area (Å²) in [6.07, 6.45) is -3.82. The number of aryl methyl sites for hydroxylation is 3. The van der Waals surface area contributed by atoms with E-state index in [0.717, 1.165) is 22.8 Å². The average Bonchev–Trinajstić information content (AvgIpc) is 2.60. The van der Waals surface area contributed by atoms with Crippen LogP contribution in [0.5, 0.6) is 0 Å². The SMILES string of the molecule is Cc1ccc(CCC(=O)N(C)CC(=O)Nc2ccccc2C(F)(F)F)c(C)c1. The van der Waals surface area contributed by atoms with Gasteiger partial charge in [-0.1, -0.05) is 35.9 Å². The summed E-state index contributed by atoms with van der Waals surface area (Å²) < 4.78 is 39.0. The molecule has 7 heteroatoms. The van der Waals surface area contributed by atoms with E-state index in [1.165, 1.54) is 30.1 Å². The van der Waals surface area contributed by atoms with Crippen LogP contribution in [-0.2, 0) is 22.2 Å². The molecule has 0 saturated carbocycles. The number of rotatable bonds is 6. The lowest BCUT2D eigenvalue weighted by Crippen LogP contribution is -2.35. The number of halogens is 3. The molecule has 2 aromatic carbocycles. The van der Waals surface area contributed by atoms with E-state index >= 15 is 0 Å². The smallest absolute Gasteiger partial charge is 0.336 e. The topological polar surface area (TPSA) is 49.4 Å². The number of anilines is 1. The first-order valence-electron chi connectivity index (χ1n) is 8.84. The zero-order valence-electron chi connectivity index (χ0n) is 16.1. The van der Waals surface area contributed by atoms with Crippen molar-refractivity contribution in [2.75, 3.05) is 18.9 Å². The molecular weight excluding hydrogens is 369 g/mol. The van der Waals surface area contributed by atoms with Gasteiger partial charge in [-0.2, -0.15) is 13.2 Å². The quantitative estimate of drug-likeness (QED) is 0.795. The summed E-state index contributed by atoms with van der Waals surface area (Å²) in [6.45, 7) is 3.64. The van der Waals surface area contributed by atoms with Gasteiger partial charge < -0.3 is 10.2 Å². The van der Waals surface area contributed by atoms with Gasteiger partial charge in [-0.3, -0.25) is 9.59 Å². The molecule has 0 saturated heterocycles. The molecule has 0 atom stereocenters. The average molecular weight is 392 g/mol. The molecule has 0 aliphatic carbocycles. The van der Waals surface area contributed by atoms with Gasteiger partial charge in [0, 0.05) is 13.5 Å². The van der Waals surface area contributed by atoms with Crippen molar-refractivity contribution in [1.82, 2.24) is 4.90 Å². The fraction of sp³-hybridized carbons (Fsp3) is 0.333. The number of hydrogen-bond acceptors (Lipinski definition) is 2. The van der Waals surface area contributed by atoms with Gasteiger partial charge in [0.1, 0.15) is 0 Å². The third-order valence-corrected chi connectivity index (χ3v) is 4.42. The molecule has 0 bridgehead atoms. The fourth-order valence-electron chi connectivity index (χ4n) is 2.89. The molecule has 1 N–H and O–H groups in total. The maximum Gasteiger partial charge on any atom is 0.418 e. The Bertz CT molecular complexity index is 863. The molecule has 2 aromatic rings. The highest BCUT2D eigenvalue weighted by Crippen LogP contribution is 2.34. The van der Waals surface area contributed by atoms with Gasteiger partial charge in [-0.25, -0.2) is 0 Å². The van der Waals surface area contributed by atoms with Crippen LogP contribution in [0.25, 0.3) is 0 Å². The first kappa shape index (κ1) is 21.5. The van der Waals surface area contributed by atoms with Gasteiger partial charge in [0.25, 0.3) is 0 Å². The van der Waals surface area contributed by atoms with Crippen LogP contribution in [0.1, 0.15) is 28.7 Å². The Hall–Kier alpha value is -2.83. The van der Waals surface area contributed by atoms with Crippen molar-refractivity contribution in [3.05, 3.63) is 64.7 Å². The summed E-state index contributed by atoms with van der Waals surface area (Å²) in [5, 5.41) is 2.24. The molecule has 2 rings (SSSR count). The van der Waals surface area contributed by atoms with Crippen LogP contribution in [0.15, 0.2) is 42.5 Å². The van der Waals surface area contributed by atoms with Gasteiger partial charge in [-0.05, 0) is 43.5 Å². The molecule has 150 valence electrons. The van der Waals surface area contributed by atoms with Gasteiger partial charge >= 0.3 is 6.18 Å². The molecule has 0 radical (unpaired) electrons. The van der Waals surface area contributed by atoms with Crippen LogP contribution in [0, 0.1) is 13.8 Å². The highest BCUT2D eigenvalue weighted by molar-refractivity contribution is 5.95. The van der Waals surface area contributed by atoms with Crippen molar-refractivity contribution in [1.29, 1.82) is 0 Å². The summed E-state index contributed by atoms with van der Waals surface area (Å²) in [5.41, 5.74) is 2.04. The number of nitrogens with one attached hydrogen (secondary N) is 1. The minimum absolute atomic E-state index is 0.215. The second-order valence-corrected chi connectivity index (χ2v) is 6.77. The van der Waals surface area contributed by atoms with Crippen LogP contribution < -0.4 is 5.32 Å². The molecule has 0 aliphatic rings. The number of hydrogen-bond donors (Lipinski definition) is 1. The minimum Gasteiger partial charge on any atom is -0.336 e. The van der Waals surface area contributed by atoms with Crippen molar-refractivity contribution in [3.8, 4) is 0 Å². The first-order valence-corrected chi connectivity index (χ1v) is 8.84. The Morgan fingerprint density at radius 1 is 1.07 bits per heavy atom. The zero-order valence-corrected chi connectivity index (χ0v) is 16.1. The largest absolute Gasteiger partial charge is 0.418 e. The van der Waals surface area contributed by atoms with Crippen molar-refractivity contribution < 1.29 is 22.8 Å². The van der Waals surface area contributed by atoms with Crippen molar-refractivity contribution in [3.63, 3.8) is 0 Å². The van der Waals surface area contributed by atoms with E-state index < -0.39 is 17.6 Å². The second-order valence-electron chi connectivity index (χ2n) is 6.77. The van der Waals surface area contributed by atoms with E-state index in [0.29, 0.717) is 6.42 Å². The second kappa shape index (κ2) is 8.91. The molecule has 28 heavy (non-hydrogen) atoms. The number of carbonyl (C=O) groups is 2. The normalized spacial score (nSPS) is 11.2. The van der Waals surface area contributed by atoms with Gasteiger partial charge in [0.15, 0.2) is 0 Å². The summed E-state index contributed by atoms with van der Waals surface area (Å²) in [7, 11) is 1.46. The van der Waals surface area contributed by atoms with E-state index in [-0.39, 0.29) is 24.6 Å². The number of alkyl halides is 3. The molecular formula is C21H23F3N2O2. The predicted molar refractivity (Wildman–Crippen MR) is 102 cm³/mol. The van der Waals surface area contributed by atoms with Crippen LogP contribution >= 0.6 is 0 Å². The van der Waals surface area contributed by atoms with Crippen LogP contribution in [0.3, 0.4) is 0 Å². The Kier molecular flexibility index (Phi) is 6.83. The maximum atomic E-state index is 13.0. The predicted octanol–water partition coefficient (Wildman–Crippen LogP) is 4.35. The van der Waals surface area contributed by atoms with E-state index in [9.17, 15) is 22.8 Å². The van der Waals surface area contributed by atoms with E-state index in [1.807, 2.05) is 32.0 Å². The Labute approximate surface area is 162 Å². The highest BCUT2D eigenvalue weighted by atomic mass is 19.4. The summed E-state index contributed by atoms with van der Waals surface area (Å²) >= 11 is 0. The molecule has 0 unspecified atom stereocenters. The highest BCUT2D eigenvalue weighted by Gasteiger charge is 2.33. The Morgan fingerprint density at radius 3 is 2.39 bits per heavy atom. The number of likely N-dealkylation sites (N-methyl/N-ethyl adjacent to an activating group) is 1. The monoisotopic (exact) mass is 392 g/mol. The molecule has 0 aromatic heterocycles. The standard InChI is InChI=1S/C21H23F3N2O2/c1-14-8-9-16(15(2)12-14)10-11-20(28)26(3)13-19(27)25-18-7-5-4-6-17(18)21(22,23)24/h4-9,12H,10-11,13H2,1-3H3,(H,25,27). The number of nitrogens with zero attached hydrogens (tertiary/aromatic N) is 1. The lowest BCUT2D eigenvalue weighted by molar-refractivity contribution is -0.137. The molecule has 0 aliphatic heterocycles. The van der Waals surface area contributed by atoms with Crippen molar-refractivity contribution >= 4 is 17.5 Å². The lowest BCUT2D eigenvalue weighted by Gasteiger charge is -2.18. The van der Waals surface area contributed by atoms with E-state index in [4.69, 9.17) is 0 Å². The molecule has 0 heterocycles. The third-order valence-electron chi connectivity index (χ3n) is 4.42. The molecule has 0 spiro atoms. The number of benzene rings is 2. The zero-order chi connectivity index (χ0) is 20.9. The van der Waals surface area contributed by atoms with E-state index in [1.54, 1.807) is 0 Å². The van der Waals surface area contributed by atoms with Gasteiger partial charge in [0.05, 0.1) is 17.8 Å². The summed E-state index contributed by atoms with van der Waals surface area (Å²) in [5.74, 6) is -0.932. The molecule has 2 amide bonds. The minimum atomic E-state index is -4.57. The third kappa shape index (κ3) is 5.84. The van der Waals surface area contributed by atoms with Crippen molar-refractivity contribution in [2.45, 2.75) is 32.9 Å². The summed E-state index contributed by atoms with van der Waals surface area (Å²) in [4.78, 5) is 25.6. The number of carbonyl (C=O) groups excluding carboxylic acids is 2. The van der Waals surface area contributed by atoms with Crippen LogP contribution in [0.2, 0.25) is 0 Å². The number of para-hydroxylation sites is 1. The maximum absolute atomic E-state index is 13.0. The molecule has 4 nitrogen and oxygen atoms in total. The lowest BCUT2D eigenvalue weighted by atomic mass is 10.0. The van der Waals surface area contributed by atoms with Crippen molar-refractivity contribution in [2.24, 2.45) is 0 Å². The molecule has 0 fully saturated rings. The van der Waals surface area contributed by atoms with E-state index in [2.05, 4.69) is 5.32 Å². The van der Waals surface area contributed by atoms with Crippen LogP contribution in [-0.4, -0.2) is 30.3 Å².